The Morgan fingerprint density at radius 1 is 1.19 bits per heavy atom. The number of aromatic nitrogens is 2. The molecule has 0 spiro atoms. The van der Waals surface area contributed by atoms with Crippen molar-refractivity contribution in [1.29, 1.82) is 0 Å². The van der Waals surface area contributed by atoms with Gasteiger partial charge in [0.15, 0.2) is 5.92 Å². The second-order valence-electron chi connectivity index (χ2n) is 4.63. The molecule has 0 aliphatic rings. The molecule has 1 aromatic heterocycles. The van der Waals surface area contributed by atoms with Gasteiger partial charge in [0.25, 0.3) is 0 Å². The molecule has 0 fully saturated rings. The molecule has 1 unspecified atom stereocenters. The third-order valence-electron chi connectivity index (χ3n) is 3.15. The van der Waals surface area contributed by atoms with E-state index < -0.39 is 30.7 Å². The topological polar surface area (TPSA) is 29.9 Å². The van der Waals surface area contributed by atoms with Crippen LogP contribution in [0.25, 0.3) is 0 Å². The van der Waals surface area contributed by atoms with Gasteiger partial charge >= 0.3 is 12.4 Å². The molecule has 21 heavy (non-hydrogen) atoms. The minimum Gasteiger partial charge on any atom is -0.316 e. The van der Waals surface area contributed by atoms with E-state index in [0.717, 1.165) is 7.05 Å². The number of alkyl halides is 6. The maximum Gasteiger partial charge on any atom is 0.402 e. The molecule has 1 atom stereocenters. The molecule has 1 aromatic rings. The van der Waals surface area contributed by atoms with Crippen LogP contribution in [0.4, 0.5) is 26.3 Å². The zero-order valence-electron chi connectivity index (χ0n) is 11.4. The second-order valence-corrected chi connectivity index (χ2v) is 5.42. The van der Waals surface area contributed by atoms with E-state index in [2.05, 4.69) is 26.3 Å². The van der Waals surface area contributed by atoms with Crippen LogP contribution in [-0.2, 0) is 13.5 Å². The number of likely N-dealkylation sites (N-methyl/N-ethyl adjacent to an activating group) is 1. The molecule has 0 saturated carbocycles. The van der Waals surface area contributed by atoms with Gasteiger partial charge in [0.05, 0.1) is 15.9 Å². The van der Waals surface area contributed by atoms with E-state index in [1.807, 2.05) is 0 Å². The first-order valence-electron chi connectivity index (χ1n) is 5.88. The number of hydrogen-bond donors (Lipinski definition) is 1. The first-order chi connectivity index (χ1) is 9.39. The van der Waals surface area contributed by atoms with Crippen molar-refractivity contribution < 1.29 is 26.3 Å². The van der Waals surface area contributed by atoms with E-state index in [4.69, 9.17) is 0 Å². The highest BCUT2D eigenvalue weighted by molar-refractivity contribution is 9.10. The van der Waals surface area contributed by atoms with Crippen LogP contribution in [0.1, 0.15) is 11.4 Å². The lowest BCUT2D eigenvalue weighted by molar-refractivity contribution is -0.291. The Morgan fingerprint density at radius 3 is 1.95 bits per heavy atom. The van der Waals surface area contributed by atoms with Crippen LogP contribution < -0.4 is 5.32 Å². The number of rotatable bonds is 4. The molecule has 0 bridgehead atoms. The van der Waals surface area contributed by atoms with Crippen LogP contribution in [0.15, 0.2) is 4.47 Å². The van der Waals surface area contributed by atoms with Crippen molar-refractivity contribution in [2.24, 2.45) is 13.0 Å². The Morgan fingerprint density at radius 2 is 1.67 bits per heavy atom. The summed E-state index contributed by atoms with van der Waals surface area (Å²) in [5, 5.41) is 6.09. The molecule has 1 heterocycles. The normalized spacial score (nSPS) is 14.8. The predicted molar refractivity (Wildman–Crippen MR) is 67.8 cm³/mol. The number of halogens is 7. The SMILES string of the molecule is CNC(Cc1c(Br)c(C)nn1C)C(C(F)(F)F)C(F)(F)F. The summed E-state index contributed by atoms with van der Waals surface area (Å²) in [4.78, 5) is 0. The van der Waals surface area contributed by atoms with Crippen LogP contribution in [-0.4, -0.2) is 35.2 Å². The van der Waals surface area contributed by atoms with Crippen LogP contribution in [0, 0.1) is 12.8 Å². The molecule has 1 N–H and O–H groups in total. The van der Waals surface area contributed by atoms with Crippen molar-refractivity contribution in [2.75, 3.05) is 7.05 Å². The second kappa shape index (κ2) is 6.15. The lowest BCUT2D eigenvalue weighted by Gasteiger charge is -2.30. The molecule has 0 amide bonds. The minimum atomic E-state index is -5.38. The fourth-order valence-electron chi connectivity index (χ4n) is 2.14. The average molecular weight is 382 g/mol. The highest BCUT2D eigenvalue weighted by Crippen LogP contribution is 2.42. The first-order valence-corrected chi connectivity index (χ1v) is 6.67. The van der Waals surface area contributed by atoms with E-state index in [0.29, 0.717) is 10.2 Å². The molecular weight excluding hydrogens is 368 g/mol. The van der Waals surface area contributed by atoms with Crippen LogP contribution in [0.2, 0.25) is 0 Å². The lowest BCUT2D eigenvalue weighted by atomic mass is 9.94. The summed E-state index contributed by atoms with van der Waals surface area (Å²) in [6, 6.07) is -1.84. The Kier molecular flexibility index (Phi) is 5.36. The first kappa shape index (κ1) is 18.3. The minimum absolute atomic E-state index is 0.269. The van der Waals surface area contributed by atoms with Crippen LogP contribution in [0.3, 0.4) is 0 Å². The van der Waals surface area contributed by atoms with Crippen molar-refractivity contribution in [3.63, 3.8) is 0 Å². The van der Waals surface area contributed by atoms with Crippen LogP contribution >= 0.6 is 15.9 Å². The van der Waals surface area contributed by atoms with E-state index >= 15 is 0 Å². The summed E-state index contributed by atoms with van der Waals surface area (Å²) >= 11 is 3.14. The van der Waals surface area contributed by atoms with Crippen molar-refractivity contribution >= 4 is 15.9 Å². The Balaban J connectivity index is 3.16. The van der Waals surface area contributed by atoms with E-state index in [1.54, 1.807) is 6.92 Å². The fourth-order valence-corrected chi connectivity index (χ4v) is 2.64. The number of aryl methyl sites for hydroxylation is 2. The van der Waals surface area contributed by atoms with E-state index in [-0.39, 0.29) is 5.69 Å². The van der Waals surface area contributed by atoms with Crippen molar-refractivity contribution in [3.8, 4) is 0 Å². The molecule has 1 rings (SSSR count). The molecular formula is C11H14BrF6N3. The van der Waals surface area contributed by atoms with Gasteiger partial charge < -0.3 is 5.32 Å². The molecule has 0 saturated heterocycles. The molecule has 0 aliphatic heterocycles. The quantitative estimate of drug-likeness (QED) is 0.810. The Bertz CT molecular complexity index is 479. The van der Waals surface area contributed by atoms with Gasteiger partial charge in [-0.05, 0) is 29.9 Å². The standard InChI is InChI=1S/C11H14BrF6N3/c1-5-8(12)7(21(3)20-5)4-6(19-2)9(10(13,14)15)11(16,17)18/h6,9,19H,4H2,1-3H3. The van der Waals surface area contributed by atoms with Crippen LogP contribution in [0.5, 0.6) is 0 Å². The number of hydrogen-bond acceptors (Lipinski definition) is 2. The van der Waals surface area contributed by atoms with E-state index in [1.165, 1.54) is 11.7 Å². The maximum atomic E-state index is 12.8. The van der Waals surface area contributed by atoms with Gasteiger partial charge in [0.1, 0.15) is 0 Å². The van der Waals surface area contributed by atoms with Gasteiger partial charge in [-0.2, -0.15) is 31.4 Å². The summed E-state index contributed by atoms with van der Waals surface area (Å²) in [6.07, 6.45) is -11.2. The predicted octanol–water partition coefficient (Wildman–Crippen LogP) is 3.36. The zero-order chi connectivity index (χ0) is 16.6. The highest BCUT2D eigenvalue weighted by Gasteiger charge is 2.59. The van der Waals surface area contributed by atoms with Gasteiger partial charge in [-0.25, -0.2) is 0 Å². The summed E-state index contributed by atoms with van der Waals surface area (Å²) in [5.41, 5.74) is 0.767. The van der Waals surface area contributed by atoms with Gasteiger partial charge in [-0.15, -0.1) is 0 Å². The Hall–Kier alpha value is -0.770. The molecule has 10 heteroatoms. The number of nitrogens with zero attached hydrogens (tertiary/aromatic N) is 2. The summed E-state index contributed by atoms with van der Waals surface area (Å²) < 4.78 is 78.3. The maximum absolute atomic E-state index is 12.8. The average Bonchev–Trinajstić information content (AvgIpc) is 2.51. The summed E-state index contributed by atoms with van der Waals surface area (Å²) in [7, 11) is 2.54. The zero-order valence-corrected chi connectivity index (χ0v) is 13.0. The summed E-state index contributed by atoms with van der Waals surface area (Å²) in [6.45, 7) is 1.60. The van der Waals surface area contributed by atoms with Crippen molar-refractivity contribution in [1.82, 2.24) is 15.1 Å². The molecule has 122 valence electrons. The lowest BCUT2D eigenvalue weighted by Crippen LogP contribution is -2.51. The summed E-state index contributed by atoms with van der Waals surface area (Å²) in [5.74, 6) is -3.45. The number of nitrogens with one attached hydrogen (secondary N) is 1. The van der Waals surface area contributed by atoms with Gasteiger partial charge in [-0.3, -0.25) is 4.68 Å². The van der Waals surface area contributed by atoms with Gasteiger partial charge in [0.2, 0.25) is 0 Å². The molecule has 0 radical (unpaired) electrons. The van der Waals surface area contributed by atoms with Gasteiger partial charge in [-0.1, -0.05) is 0 Å². The fraction of sp³-hybridized carbons (Fsp3) is 0.727. The van der Waals surface area contributed by atoms with Crippen molar-refractivity contribution in [3.05, 3.63) is 15.9 Å². The highest BCUT2D eigenvalue weighted by atomic mass is 79.9. The molecule has 3 nitrogen and oxygen atoms in total. The third kappa shape index (κ3) is 4.12. The molecule has 0 aromatic carbocycles. The van der Waals surface area contributed by atoms with Crippen molar-refractivity contribution in [2.45, 2.75) is 31.7 Å². The van der Waals surface area contributed by atoms with E-state index in [9.17, 15) is 26.3 Å². The Labute approximate surface area is 125 Å². The largest absolute Gasteiger partial charge is 0.402 e. The third-order valence-corrected chi connectivity index (χ3v) is 4.18. The molecule has 0 aliphatic carbocycles. The monoisotopic (exact) mass is 381 g/mol. The van der Waals surface area contributed by atoms with Gasteiger partial charge in [0, 0.05) is 19.5 Å². The smallest absolute Gasteiger partial charge is 0.316 e.